The van der Waals surface area contributed by atoms with E-state index >= 15 is 0 Å². The van der Waals surface area contributed by atoms with Crippen molar-refractivity contribution in [2.75, 3.05) is 5.75 Å². The third kappa shape index (κ3) is 4.22. The van der Waals surface area contributed by atoms with E-state index < -0.39 is 0 Å². The second-order valence-electron chi connectivity index (χ2n) is 3.54. The fourth-order valence-electron chi connectivity index (χ4n) is 1.26. The number of unbranched alkanes of at least 4 members (excludes halogenated alkanes) is 1. The zero-order valence-electron chi connectivity index (χ0n) is 9.13. The van der Waals surface area contributed by atoms with Crippen LogP contribution in [-0.4, -0.2) is 5.75 Å². The van der Waals surface area contributed by atoms with Crippen LogP contribution >= 0.6 is 11.8 Å². The topological polar surface area (TPSA) is 26.0 Å². The molecule has 84 valence electrons. The van der Waals surface area contributed by atoms with Gasteiger partial charge in [-0.15, -0.1) is 0 Å². The van der Waals surface area contributed by atoms with Crippen molar-refractivity contribution in [2.45, 2.75) is 32.1 Å². The van der Waals surface area contributed by atoms with Crippen molar-refractivity contribution in [1.29, 1.82) is 0 Å². The monoisotopic (exact) mass is 227 g/mol. The third-order valence-electron chi connectivity index (χ3n) is 2.25. The van der Waals surface area contributed by atoms with Crippen LogP contribution in [0.15, 0.2) is 18.2 Å². The Morgan fingerprint density at radius 2 is 2.20 bits per heavy atom. The summed E-state index contributed by atoms with van der Waals surface area (Å²) in [6, 6.07) is 5.28. The van der Waals surface area contributed by atoms with Gasteiger partial charge in [-0.3, -0.25) is 0 Å². The molecule has 15 heavy (non-hydrogen) atoms. The molecule has 0 aliphatic rings. The predicted octanol–water partition coefficient (Wildman–Crippen LogP) is 3.32. The maximum Gasteiger partial charge on any atom is 0.127 e. The van der Waals surface area contributed by atoms with Crippen molar-refractivity contribution in [2.24, 2.45) is 5.73 Å². The van der Waals surface area contributed by atoms with Crippen molar-refractivity contribution in [1.82, 2.24) is 0 Å². The average Bonchev–Trinajstić information content (AvgIpc) is 2.26. The molecule has 0 aromatic heterocycles. The Balaban J connectivity index is 2.47. The maximum atomic E-state index is 13.5. The number of thioether (sulfide) groups is 1. The first-order valence-electron chi connectivity index (χ1n) is 5.33. The SMILES string of the molecule is CCCCSCc1ccc(CN)cc1F. The zero-order chi connectivity index (χ0) is 11.1. The smallest absolute Gasteiger partial charge is 0.127 e. The molecule has 1 rings (SSSR count). The Morgan fingerprint density at radius 1 is 1.40 bits per heavy atom. The van der Waals surface area contributed by atoms with Gasteiger partial charge in [0.15, 0.2) is 0 Å². The fraction of sp³-hybridized carbons (Fsp3) is 0.500. The van der Waals surface area contributed by atoms with Crippen LogP contribution in [0.2, 0.25) is 0 Å². The summed E-state index contributed by atoms with van der Waals surface area (Å²) in [4.78, 5) is 0. The fourth-order valence-corrected chi connectivity index (χ4v) is 2.35. The summed E-state index contributed by atoms with van der Waals surface area (Å²) in [6.07, 6.45) is 2.40. The van der Waals surface area contributed by atoms with Gasteiger partial charge in [0.25, 0.3) is 0 Å². The van der Waals surface area contributed by atoms with Crippen molar-refractivity contribution in [3.05, 3.63) is 35.1 Å². The number of nitrogens with two attached hydrogens (primary N) is 1. The molecule has 0 amide bonds. The van der Waals surface area contributed by atoms with E-state index in [4.69, 9.17) is 5.73 Å². The molecule has 0 aliphatic heterocycles. The number of benzene rings is 1. The molecule has 0 unspecified atom stereocenters. The van der Waals surface area contributed by atoms with Gasteiger partial charge in [0.05, 0.1) is 0 Å². The highest BCUT2D eigenvalue weighted by Crippen LogP contribution is 2.17. The van der Waals surface area contributed by atoms with Crippen molar-refractivity contribution >= 4 is 11.8 Å². The molecule has 0 heterocycles. The normalized spacial score (nSPS) is 10.6. The third-order valence-corrected chi connectivity index (χ3v) is 3.35. The lowest BCUT2D eigenvalue weighted by Crippen LogP contribution is -1.98. The Morgan fingerprint density at radius 3 is 2.80 bits per heavy atom. The maximum absolute atomic E-state index is 13.5. The molecular formula is C12H18FNS. The number of hydrogen-bond donors (Lipinski definition) is 1. The van der Waals surface area contributed by atoms with Crippen LogP contribution in [0.25, 0.3) is 0 Å². The van der Waals surface area contributed by atoms with Gasteiger partial charge in [-0.25, -0.2) is 4.39 Å². The van der Waals surface area contributed by atoms with E-state index in [9.17, 15) is 4.39 Å². The summed E-state index contributed by atoms with van der Waals surface area (Å²) in [6.45, 7) is 2.57. The molecule has 1 nitrogen and oxygen atoms in total. The van der Waals surface area contributed by atoms with E-state index in [2.05, 4.69) is 6.92 Å². The van der Waals surface area contributed by atoms with Crippen molar-refractivity contribution in [3.8, 4) is 0 Å². The standard InChI is InChI=1S/C12H18FNS/c1-2-3-6-15-9-11-5-4-10(8-14)7-12(11)13/h4-5,7H,2-3,6,8-9,14H2,1H3. The molecule has 0 fully saturated rings. The molecule has 0 aliphatic carbocycles. The lowest BCUT2D eigenvalue weighted by Gasteiger charge is -2.04. The Hall–Kier alpha value is -0.540. The molecule has 0 spiro atoms. The Kier molecular flexibility index (Phi) is 5.73. The Labute approximate surface area is 95.2 Å². The molecule has 2 N–H and O–H groups in total. The molecule has 1 aromatic rings. The second-order valence-corrected chi connectivity index (χ2v) is 4.64. The first-order chi connectivity index (χ1) is 7.27. The molecule has 0 saturated carbocycles. The van der Waals surface area contributed by atoms with Crippen LogP contribution in [0, 0.1) is 5.82 Å². The van der Waals surface area contributed by atoms with E-state index in [1.54, 1.807) is 11.8 Å². The molecule has 1 aromatic carbocycles. The molecule has 0 radical (unpaired) electrons. The van der Waals surface area contributed by atoms with Crippen LogP contribution < -0.4 is 5.73 Å². The van der Waals surface area contributed by atoms with E-state index in [0.717, 1.165) is 22.6 Å². The van der Waals surface area contributed by atoms with Crippen LogP contribution in [0.4, 0.5) is 4.39 Å². The molecule has 0 atom stereocenters. The zero-order valence-corrected chi connectivity index (χ0v) is 9.95. The number of rotatable bonds is 6. The summed E-state index contributed by atoms with van der Waals surface area (Å²) in [7, 11) is 0. The lowest BCUT2D eigenvalue weighted by molar-refractivity contribution is 0.615. The van der Waals surface area contributed by atoms with Crippen molar-refractivity contribution in [3.63, 3.8) is 0 Å². The van der Waals surface area contributed by atoms with E-state index in [0.29, 0.717) is 6.54 Å². The first kappa shape index (κ1) is 12.5. The van der Waals surface area contributed by atoms with Gasteiger partial charge in [0.2, 0.25) is 0 Å². The highest BCUT2D eigenvalue weighted by Gasteiger charge is 2.02. The average molecular weight is 227 g/mol. The predicted molar refractivity (Wildman–Crippen MR) is 65.4 cm³/mol. The van der Waals surface area contributed by atoms with Gasteiger partial charge < -0.3 is 5.73 Å². The first-order valence-corrected chi connectivity index (χ1v) is 6.48. The largest absolute Gasteiger partial charge is 0.326 e. The van der Waals surface area contributed by atoms with Gasteiger partial charge in [-0.05, 0) is 29.4 Å². The minimum Gasteiger partial charge on any atom is -0.326 e. The quantitative estimate of drug-likeness (QED) is 0.754. The summed E-state index contributed by atoms with van der Waals surface area (Å²) in [5.74, 6) is 1.74. The highest BCUT2D eigenvalue weighted by molar-refractivity contribution is 7.98. The van der Waals surface area contributed by atoms with Crippen LogP contribution in [0.5, 0.6) is 0 Å². The van der Waals surface area contributed by atoms with Gasteiger partial charge in [0.1, 0.15) is 5.82 Å². The van der Waals surface area contributed by atoms with Gasteiger partial charge in [-0.2, -0.15) is 11.8 Å². The van der Waals surface area contributed by atoms with Gasteiger partial charge in [-0.1, -0.05) is 25.5 Å². The molecule has 0 bridgehead atoms. The van der Waals surface area contributed by atoms with Crippen LogP contribution in [0.3, 0.4) is 0 Å². The van der Waals surface area contributed by atoms with E-state index in [1.165, 1.54) is 18.9 Å². The van der Waals surface area contributed by atoms with Gasteiger partial charge >= 0.3 is 0 Å². The number of hydrogen-bond acceptors (Lipinski definition) is 2. The minimum atomic E-state index is -0.123. The summed E-state index contributed by atoms with van der Waals surface area (Å²) >= 11 is 1.79. The van der Waals surface area contributed by atoms with Crippen LogP contribution in [-0.2, 0) is 12.3 Å². The van der Waals surface area contributed by atoms with Crippen LogP contribution in [0.1, 0.15) is 30.9 Å². The summed E-state index contributed by atoms with van der Waals surface area (Å²) in [5.41, 5.74) is 7.08. The van der Waals surface area contributed by atoms with E-state index in [-0.39, 0.29) is 5.82 Å². The highest BCUT2D eigenvalue weighted by atomic mass is 32.2. The Bertz CT molecular complexity index is 302. The van der Waals surface area contributed by atoms with E-state index in [1.807, 2.05) is 12.1 Å². The molecular weight excluding hydrogens is 209 g/mol. The second kappa shape index (κ2) is 6.85. The molecule has 0 saturated heterocycles. The molecule has 3 heteroatoms. The number of halogens is 1. The van der Waals surface area contributed by atoms with Crippen molar-refractivity contribution < 1.29 is 4.39 Å². The minimum absolute atomic E-state index is 0.123. The lowest BCUT2D eigenvalue weighted by atomic mass is 10.1. The summed E-state index contributed by atoms with van der Waals surface area (Å²) < 4.78 is 13.5. The van der Waals surface area contributed by atoms with Gasteiger partial charge in [0, 0.05) is 12.3 Å². The summed E-state index contributed by atoms with van der Waals surface area (Å²) in [5, 5.41) is 0.